The lowest BCUT2D eigenvalue weighted by molar-refractivity contribution is -0.380. The van der Waals surface area contributed by atoms with Crippen LogP contribution in [0.25, 0.3) is 0 Å². The van der Waals surface area contributed by atoms with E-state index in [0.717, 1.165) is 29.3 Å². The molecule has 0 spiro atoms. The van der Waals surface area contributed by atoms with Crippen molar-refractivity contribution in [1.29, 1.82) is 0 Å². The first kappa shape index (κ1) is 9.72. The molecule has 1 unspecified atom stereocenters. The summed E-state index contributed by atoms with van der Waals surface area (Å²) >= 11 is 2.99. The van der Waals surface area contributed by atoms with E-state index < -0.39 is 4.92 Å². The molecule has 5 nitrogen and oxygen atoms in total. The van der Waals surface area contributed by atoms with Gasteiger partial charge in [0, 0.05) is 11.8 Å². The van der Waals surface area contributed by atoms with Crippen LogP contribution >= 0.6 is 23.1 Å². The largest absolute Gasteiger partial charge is 0.358 e. The lowest BCUT2D eigenvalue weighted by Crippen LogP contribution is -2.17. The standard InChI is InChI=1S/C7H9N3O2S2/c11-10(12)6-3-8-7(14-6)9-5-1-2-13-4-5/h3,5H,1-2,4H2,(H,8,9). The smallest absolute Gasteiger partial charge is 0.345 e. The number of nitrogens with zero attached hydrogens (tertiary/aromatic N) is 2. The molecule has 0 radical (unpaired) electrons. The second-order valence-corrected chi connectivity index (χ2v) is 5.12. The van der Waals surface area contributed by atoms with Crippen LogP contribution in [0.15, 0.2) is 6.20 Å². The second-order valence-electron chi connectivity index (χ2n) is 2.97. The molecule has 1 aromatic heterocycles. The third-order valence-corrected chi connectivity index (χ3v) is 3.97. The zero-order valence-corrected chi connectivity index (χ0v) is 8.94. The van der Waals surface area contributed by atoms with Crippen LogP contribution in [-0.4, -0.2) is 27.5 Å². The zero-order valence-electron chi connectivity index (χ0n) is 7.30. The van der Waals surface area contributed by atoms with Crippen LogP contribution in [0, 0.1) is 10.1 Å². The maximum Gasteiger partial charge on any atom is 0.345 e. The van der Waals surface area contributed by atoms with Crippen molar-refractivity contribution < 1.29 is 4.92 Å². The average molecular weight is 231 g/mol. The predicted octanol–water partition coefficient (Wildman–Crippen LogP) is 1.97. The molecule has 0 bridgehead atoms. The molecule has 2 rings (SSSR count). The zero-order chi connectivity index (χ0) is 9.97. The lowest BCUT2D eigenvalue weighted by atomic mass is 10.3. The van der Waals surface area contributed by atoms with Crippen molar-refractivity contribution in [2.75, 3.05) is 16.8 Å². The minimum absolute atomic E-state index is 0.0955. The molecule has 1 saturated heterocycles. The molecule has 7 heteroatoms. The molecule has 1 aliphatic heterocycles. The summed E-state index contributed by atoms with van der Waals surface area (Å²) in [5, 5.41) is 14.3. The third-order valence-electron chi connectivity index (χ3n) is 1.93. The molecule has 1 fully saturated rings. The van der Waals surface area contributed by atoms with E-state index in [1.54, 1.807) is 0 Å². The Morgan fingerprint density at radius 2 is 2.57 bits per heavy atom. The minimum atomic E-state index is -0.410. The molecule has 1 atom stereocenters. The van der Waals surface area contributed by atoms with Gasteiger partial charge in [-0.1, -0.05) is 0 Å². The van der Waals surface area contributed by atoms with Gasteiger partial charge in [-0.3, -0.25) is 10.1 Å². The maximum absolute atomic E-state index is 10.4. The fourth-order valence-electron chi connectivity index (χ4n) is 1.24. The van der Waals surface area contributed by atoms with E-state index in [9.17, 15) is 10.1 Å². The summed E-state index contributed by atoms with van der Waals surface area (Å²) in [7, 11) is 0. The van der Waals surface area contributed by atoms with Crippen LogP contribution in [0.2, 0.25) is 0 Å². The van der Waals surface area contributed by atoms with E-state index in [1.165, 1.54) is 6.20 Å². The minimum Gasteiger partial charge on any atom is -0.358 e. The molecule has 1 aliphatic rings. The first-order valence-electron chi connectivity index (χ1n) is 4.20. The van der Waals surface area contributed by atoms with Gasteiger partial charge in [-0.2, -0.15) is 11.8 Å². The van der Waals surface area contributed by atoms with Crippen molar-refractivity contribution in [1.82, 2.24) is 4.98 Å². The number of hydrogen-bond donors (Lipinski definition) is 1. The number of anilines is 1. The summed E-state index contributed by atoms with van der Waals surface area (Å²) in [6, 6.07) is 0.422. The number of hydrogen-bond acceptors (Lipinski definition) is 6. The van der Waals surface area contributed by atoms with Crippen LogP contribution in [0.1, 0.15) is 6.42 Å². The number of nitrogens with one attached hydrogen (secondary N) is 1. The quantitative estimate of drug-likeness (QED) is 0.636. The highest BCUT2D eigenvalue weighted by atomic mass is 32.2. The van der Waals surface area contributed by atoms with E-state index in [1.807, 2.05) is 11.8 Å². The van der Waals surface area contributed by atoms with Crippen LogP contribution < -0.4 is 5.32 Å². The van der Waals surface area contributed by atoms with Gasteiger partial charge in [-0.05, 0) is 23.5 Å². The summed E-state index contributed by atoms with van der Waals surface area (Å²) in [6.07, 6.45) is 2.41. The molecule has 0 amide bonds. The molecule has 1 aromatic rings. The third kappa shape index (κ3) is 2.16. The Kier molecular flexibility index (Phi) is 2.87. The Morgan fingerprint density at radius 1 is 1.71 bits per heavy atom. The molecule has 0 aromatic carbocycles. The number of nitro groups is 1. The van der Waals surface area contributed by atoms with E-state index in [2.05, 4.69) is 10.3 Å². The normalized spacial score (nSPS) is 21.0. The molecule has 1 N–H and O–H groups in total. The second kappa shape index (κ2) is 4.14. The maximum atomic E-state index is 10.4. The molecular formula is C7H9N3O2S2. The van der Waals surface area contributed by atoms with Crippen molar-refractivity contribution in [2.45, 2.75) is 12.5 Å². The Bertz CT molecular complexity index is 335. The van der Waals surface area contributed by atoms with E-state index >= 15 is 0 Å². The lowest BCUT2D eigenvalue weighted by Gasteiger charge is -2.07. The number of thiazole rings is 1. The highest BCUT2D eigenvalue weighted by Gasteiger charge is 2.18. The van der Waals surface area contributed by atoms with Crippen molar-refractivity contribution in [3.8, 4) is 0 Å². The SMILES string of the molecule is O=[N+]([O-])c1cnc(NC2CCSC2)s1. The summed E-state index contributed by atoms with van der Waals surface area (Å²) in [6.45, 7) is 0. The van der Waals surface area contributed by atoms with Crippen molar-refractivity contribution in [3.63, 3.8) is 0 Å². The number of aromatic nitrogens is 1. The van der Waals surface area contributed by atoms with Gasteiger partial charge < -0.3 is 5.32 Å². The Hall–Kier alpha value is -0.820. The average Bonchev–Trinajstić information content (AvgIpc) is 2.75. The summed E-state index contributed by atoms with van der Waals surface area (Å²) in [4.78, 5) is 13.9. The van der Waals surface area contributed by atoms with E-state index in [0.29, 0.717) is 11.2 Å². The Balaban J connectivity index is 1.98. The molecule has 2 heterocycles. The van der Waals surface area contributed by atoms with Gasteiger partial charge in [-0.15, -0.1) is 0 Å². The van der Waals surface area contributed by atoms with Crippen LogP contribution in [0.3, 0.4) is 0 Å². The summed E-state index contributed by atoms with van der Waals surface area (Å²) < 4.78 is 0. The van der Waals surface area contributed by atoms with Gasteiger partial charge in [0.05, 0.1) is 4.92 Å². The van der Waals surface area contributed by atoms with Crippen LogP contribution in [-0.2, 0) is 0 Å². The van der Waals surface area contributed by atoms with Crippen LogP contribution in [0.4, 0.5) is 10.1 Å². The molecule has 14 heavy (non-hydrogen) atoms. The van der Waals surface area contributed by atoms with Gasteiger partial charge in [-0.25, -0.2) is 4.98 Å². The van der Waals surface area contributed by atoms with E-state index in [-0.39, 0.29) is 5.00 Å². The van der Waals surface area contributed by atoms with Gasteiger partial charge in [0.2, 0.25) is 0 Å². The van der Waals surface area contributed by atoms with Gasteiger partial charge in [0.25, 0.3) is 0 Å². The highest BCUT2D eigenvalue weighted by molar-refractivity contribution is 7.99. The Morgan fingerprint density at radius 3 is 3.14 bits per heavy atom. The van der Waals surface area contributed by atoms with Crippen molar-refractivity contribution in [3.05, 3.63) is 16.3 Å². The predicted molar refractivity (Wildman–Crippen MR) is 58.1 cm³/mol. The number of thioether (sulfide) groups is 1. The highest BCUT2D eigenvalue weighted by Crippen LogP contribution is 2.28. The topological polar surface area (TPSA) is 68.1 Å². The van der Waals surface area contributed by atoms with Crippen LogP contribution in [0.5, 0.6) is 0 Å². The first-order chi connectivity index (χ1) is 6.75. The monoisotopic (exact) mass is 231 g/mol. The van der Waals surface area contributed by atoms with Crippen molar-refractivity contribution >= 4 is 33.2 Å². The first-order valence-corrected chi connectivity index (χ1v) is 6.17. The van der Waals surface area contributed by atoms with E-state index in [4.69, 9.17) is 0 Å². The van der Waals surface area contributed by atoms with Gasteiger partial charge >= 0.3 is 5.00 Å². The van der Waals surface area contributed by atoms with Gasteiger partial charge in [0.15, 0.2) is 5.13 Å². The number of rotatable bonds is 3. The molecule has 76 valence electrons. The van der Waals surface area contributed by atoms with Gasteiger partial charge in [0.1, 0.15) is 6.20 Å². The molecular weight excluding hydrogens is 222 g/mol. The van der Waals surface area contributed by atoms with Crippen molar-refractivity contribution in [2.24, 2.45) is 0 Å². The Labute approximate surface area is 89.1 Å². The molecule has 0 aliphatic carbocycles. The summed E-state index contributed by atoms with van der Waals surface area (Å²) in [5.74, 6) is 2.22. The summed E-state index contributed by atoms with van der Waals surface area (Å²) in [5.41, 5.74) is 0. The fraction of sp³-hybridized carbons (Fsp3) is 0.571. The molecule has 0 saturated carbocycles. The fourth-order valence-corrected chi connectivity index (χ4v) is 3.10.